The van der Waals surface area contributed by atoms with Gasteiger partial charge in [0.1, 0.15) is 11.8 Å². The zero-order valence-corrected chi connectivity index (χ0v) is 17.7. The average Bonchev–Trinajstić information content (AvgIpc) is 3.27. The topological polar surface area (TPSA) is 148 Å². The summed E-state index contributed by atoms with van der Waals surface area (Å²) in [5, 5.41) is 38.8. The number of carboxylic acids is 1. The van der Waals surface area contributed by atoms with Crippen LogP contribution in [0.3, 0.4) is 0 Å². The van der Waals surface area contributed by atoms with Crippen LogP contribution in [0.4, 0.5) is 4.79 Å². The lowest BCUT2D eigenvalue weighted by Gasteiger charge is -2.31. The number of phenols is 1. The molecule has 1 aliphatic heterocycles. The number of amides is 2. The van der Waals surface area contributed by atoms with Crippen molar-refractivity contribution in [1.29, 1.82) is 5.41 Å². The molecule has 9 nitrogen and oxygen atoms in total. The first kappa shape index (κ1) is 22.1. The smallest absolute Gasteiger partial charge is 0.339 e. The van der Waals surface area contributed by atoms with Gasteiger partial charge in [0.05, 0.1) is 31.0 Å². The van der Waals surface area contributed by atoms with Gasteiger partial charge in [0, 0.05) is 11.8 Å². The fourth-order valence-corrected chi connectivity index (χ4v) is 4.03. The van der Waals surface area contributed by atoms with Crippen molar-refractivity contribution < 1.29 is 29.9 Å². The monoisotopic (exact) mass is 443 g/mol. The largest absolute Gasteiger partial charge is 0.504 e. The van der Waals surface area contributed by atoms with Crippen LogP contribution in [0.1, 0.15) is 34.5 Å². The number of rotatable bonds is 8. The molecule has 0 saturated carbocycles. The second kappa shape index (κ2) is 9.45. The van der Waals surface area contributed by atoms with Gasteiger partial charge in [-0.1, -0.05) is 0 Å². The third-order valence-corrected chi connectivity index (χ3v) is 5.34. The van der Waals surface area contributed by atoms with E-state index in [4.69, 9.17) is 10.1 Å². The van der Waals surface area contributed by atoms with Gasteiger partial charge in [-0.05, 0) is 47.0 Å². The molecular weight excluding hydrogens is 420 g/mol. The lowest BCUT2D eigenvalue weighted by atomic mass is 9.88. The Bertz CT molecular complexity index is 1080. The van der Waals surface area contributed by atoms with E-state index in [9.17, 15) is 19.8 Å². The van der Waals surface area contributed by atoms with Crippen molar-refractivity contribution in [1.82, 2.24) is 10.6 Å². The van der Waals surface area contributed by atoms with Gasteiger partial charge >= 0.3 is 12.0 Å². The molecule has 3 rings (SSSR count). The van der Waals surface area contributed by atoms with E-state index in [2.05, 4.69) is 10.6 Å². The number of nitrogens with two attached hydrogens (primary N) is 1. The minimum atomic E-state index is -1.32. The van der Waals surface area contributed by atoms with Crippen molar-refractivity contribution in [2.75, 3.05) is 13.7 Å². The Labute approximate surface area is 182 Å². The maximum absolute atomic E-state index is 12.5. The molecule has 162 valence electrons. The van der Waals surface area contributed by atoms with Gasteiger partial charge in [0.2, 0.25) is 0 Å². The molecule has 0 aliphatic carbocycles. The molecule has 1 unspecified atom stereocenters. The molecule has 0 radical (unpaired) electrons. The molecule has 31 heavy (non-hydrogen) atoms. The van der Waals surface area contributed by atoms with Crippen LogP contribution in [0.15, 0.2) is 46.4 Å². The first-order valence-corrected chi connectivity index (χ1v) is 10.4. The van der Waals surface area contributed by atoms with E-state index in [1.165, 1.54) is 23.5 Å². The van der Waals surface area contributed by atoms with Gasteiger partial charge in [-0.25, -0.2) is 9.59 Å². The number of aromatic carboxylic acids is 1. The summed E-state index contributed by atoms with van der Waals surface area (Å²) in [6, 6.07) is 3.48. The molecule has 7 N–H and O–H groups in total. The second-order valence-corrected chi connectivity index (χ2v) is 7.37. The van der Waals surface area contributed by atoms with E-state index < -0.39 is 23.8 Å². The standard InChI is InChI=1S/C21H22N4O5S/c1-3-30-15-7-12(6-14(19(15)26)20(27)28)17-16(11-4-5-31-10-11)18(25-21(29)24-17)13(8-22)9-23-2/h4-10,17,22-23,26H,3H2,1-2H3,(H,27,28)(H2,24,25,29)/p+1. The number of thiophene rings is 1. The number of quaternary nitrogens is 1. The van der Waals surface area contributed by atoms with Crippen LogP contribution in [0.25, 0.3) is 5.57 Å². The average molecular weight is 444 g/mol. The van der Waals surface area contributed by atoms with Gasteiger partial charge in [0.25, 0.3) is 0 Å². The Balaban J connectivity index is 2.30. The van der Waals surface area contributed by atoms with E-state index in [0.29, 0.717) is 22.4 Å². The third-order valence-electron chi connectivity index (χ3n) is 4.66. The van der Waals surface area contributed by atoms with Crippen molar-refractivity contribution in [2.45, 2.75) is 13.0 Å². The Kier molecular flexibility index (Phi) is 6.73. The summed E-state index contributed by atoms with van der Waals surface area (Å²) in [5.74, 6) is -1.77. The van der Waals surface area contributed by atoms with Crippen LogP contribution in [0, 0.1) is 5.41 Å². The number of hydrogen-bond acceptors (Lipinski definition) is 6. The first-order chi connectivity index (χ1) is 14.9. The number of benzene rings is 1. The lowest BCUT2D eigenvalue weighted by Crippen LogP contribution is -2.73. The summed E-state index contributed by atoms with van der Waals surface area (Å²) < 4.78 is 5.44. The first-order valence-electron chi connectivity index (χ1n) is 9.48. The maximum atomic E-state index is 12.5. The summed E-state index contributed by atoms with van der Waals surface area (Å²) >= 11 is 1.47. The van der Waals surface area contributed by atoms with Crippen molar-refractivity contribution in [3.8, 4) is 11.5 Å². The molecule has 2 amide bonds. The zero-order valence-electron chi connectivity index (χ0n) is 16.9. The summed E-state index contributed by atoms with van der Waals surface area (Å²) in [6.07, 6.45) is 2.86. The van der Waals surface area contributed by atoms with Gasteiger partial charge in [0.15, 0.2) is 11.5 Å². The summed E-state index contributed by atoms with van der Waals surface area (Å²) in [4.78, 5) is 24.3. The summed E-state index contributed by atoms with van der Waals surface area (Å²) in [7, 11) is 1.81. The minimum Gasteiger partial charge on any atom is -0.504 e. The van der Waals surface area contributed by atoms with Crippen LogP contribution in [0.2, 0.25) is 0 Å². The van der Waals surface area contributed by atoms with Crippen molar-refractivity contribution in [3.05, 3.63) is 63.1 Å². The van der Waals surface area contributed by atoms with Crippen molar-refractivity contribution >= 4 is 35.1 Å². The molecule has 0 fully saturated rings. The second-order valence-electron chi connectivity index (χ2n) is 6.59. The number of carbonyl (C=O) groups is 2. The van der Waals surface area contributed by atoms with E-state index in [1.54, 1.807) is 18.4 Å². The summed E-state index contributed by atoms with van der Waals surface area (Å²) in [6.45, 7) is 1.94. The molecule has 10 heteroatoms. The van der Waals surface area contributed by atoms with Crippen LogP contribution >= 0.6 is 11.3 Å². The Morgan fingerprint density at radius 3 is 2.77 bits per heavy atom. The minimum absolute atomic E-state index is 0.0149. The molecule has 1 aliphatic rings. The van der Waals surface area contributed by atoms with Gasteiger partial charge in [-0.15, -0.1) is 0 Å². The van der Waals surface area contributed by atoms with Crippen LogP contribution < -0.4 is 20.7 Å². The fraction of sp³-hybridized carbons (Fsp3) is 0.190. The highest BCUT2D eigenvalue weighted by molar-refractivity contribution is 7.08. The molecule has 2 aromatic rings. The third kappa shape index (κ3) is 4.44. The molecule has 1 aromatic heterocycles. The quantitative estimate of drug-likeness (QED) is 0.345. The highest BCUT2D eigenvalue weighted by Gasteiger charge is 2.32. The number of ether oxygens (including phenoxy) is 1. The van der Waals surface area contributed by atoms with E-state index in [-0.39, 0.29) is 17.9 Å². The van der Waals surface area contributed by atoms with E-state index >= 15 is 0 Å². The van der Waals surface area contributed by atoms with E-state index in [1.807, 2.05) is 23.9 Å². The Hall–Kier alpha value is -3.63. The normalized spacial score (nSPS) is 16.5. The molecule has 2 heterocycles. The number of nitrogens with one attached hydrogen (secondary N) is 3. The molecular formula is C21H23N4O5S+. The van der Waals surface area contributed by atoms with Gasteiger partial charge < -0.3 is 36.3 Å². The van der Waals surface area contributed by atoms with Crippen LogP contribution in [0.5, 0.6) is 11.5 Å². The zero-order chi connectivity index (χ0) is 22.5. The van der Waals surface area contributed by atoms with Crippen molar-refractivity contribution in [2.24, 2.45) is 0 Å². The summed E-state index contributed by atoms with van der Waals surface area (Å²) in [5.41, 5.74) is 2.52. The van der Waals surface area contributed by atoms with Crippen molar-refractivity contribution in [3.63, 3.8) is 0 Å². The number of urea groups is 1. The Morgan fingerprint density at radius 2 is 2.19 bits per heavy atom. The van der Waals surface area contributed by atoms with Gasteiger partial charge in [-0.3, -0.25) is 0 Å². The predicted octanol–water partition coefficient (Wildman–Crippen LogP) is 2.04. The molecule has 1 atom stereocenters. The van der Waals surface area contributed by atoms with Crippen LogP contribution in [-0.2, 0) is 0 Å². The molecule has 1 aromatic carbocycles. The molecule has 0 saturated heterocycles. The number of aromatic hydroxyl groups is 1. The SMILES string of the molecule is CCOc1cc(C2NC(=O)NC(C(C=N)=C[NH2+]C)=C2c2ccsc2)cc(C(=O)O)c1O. The molecule has 0 bridgehead atoms. The molecule has 0 spiro atoms. The Morgan fingerprint density at radius 1 is 1.42 bits per heavy atom. The predicted molar refractivity (Wildman–Crippen MR) is 117 cm³/mol. The van der Waals surface area contributed by atoms with E-state index in [0.717, 1.165) is 11.8 Å². The number of carboxylic acid groups (broad SMARTS) is 1. The highest BCUT2D eigenvalue weighted by Crippen LogP contribution is 2.41. The van der Waals surface area contributed by atoms with Crippen LogP contribution in [-0.4, -0.2) is 42.1 Å². The highest BCUT2D eigenvalue weighted by atomic mass is 32.1. The number of allylic oxidation sites excluding steroid dienone is 1. The maximum Gasteiger partial charge on any atom is 0.339 e. The van der Waals surface area contributed by atoms with Gasteiger partial charge in [-0.2, -0.15) is 11.3 Å². The fourth-order valence-electron chi connectivity index (χ4n) is 3.38. The number of carbonyl (C=O) groups excluding carboxylic acids is 1. The number of hydrogen-bond donors (Lipinski definition) is 6. The lowest BCUT2D eigenvalue weighted by molar-refractivity contribution is -0.556.